The van der Waals surface area contributed by atoms with E-state index in [9.17, 15) is 18.0 Å². The van der Waals surface area contributed by atoms with Gasteiger partial charge < -0.3 is 9.52 Å². The van der Waals surface area contributed by atoms with E-state index in [2.05, 4.69) is 20.3 Å². The van der Waals surface area contributed by atoms with Crippen LogP contribution in [0.3, 0.4) is 0 Å². The normalized spacial score (nSPS) is 11.7. The van der Waals surface area contributed by atoms with Crippen molar-refractivity contribution in [1.82, 2.24) is 0 Å². The van der Waals surface area contributed by atoms with E-state index < -0.39 is 23.5 Å². The Morgan fingerprint density at radius 3 is 2.47 bits per heavy atom. The van der Waals surface area contributed by atoms with E-state index in [1.54, 1.807) is 0 Å². The predicted molar refractivity (Wildman–Crippen MR) is 48.2 cm³/mol. The topological polar surface area (TPSA) is 50.4 Å². The molecule has 0 aliphatic rings. The van der Waals surface area contributed by atoms with E-state index in [4.69, 9.17) is 5.11 Å². The number of alkyl halides is 4. The lowest BCUT2D eigenvalue weighted by atomic mass is 10.2. The molecule has 3 nitrogen and oxygen atoms in total. The molecule has 1 rings (SSSR count). The van der Waals surface area contributed by atoms with Gasteiger partial charge in [0.1, 0.15) is 11.3 Å². The van der Waals surface area contributed by atoms with Gasteiger partial charge in [-0.15, -0.1) is 0 Å². The van der Waals surface area contributed by atoms with Crippen LogP contribution in [0.15, 0.2) is 10.5 Å². The lowest BCUT2D eigenvalue weighted by molar-refractivity contribution is -0.153. The molecule has 0 aliphatic carbocycles. The minimum atomic E-state index is -4.78. The molecular formula is C8H6BrF3O3. The number of aromatic carboxylic acids is 1. The third kappa shape index (κ3) is 2.74. The van der Waals surface area contributed by atoms with Crippen LogP contribution < -0.4 is 0 Å². The zero-order chi connectivity index (χ0) is 11.6. The summed E-state index contributed by atoms with van der Waals surface area (Å²) in [6.45, 7) is 0. The molecule has 0 unspecified atom stereocenters. The number of hydrogen-bond acceptors (Lipinski definition) is 2. The zero-order valence-electron chi connectivity index (χ0n) is 7.27. The summed E-state index contributed by atoms with van der Waals surface area (Å²) >= 11 is 3.02. The molecule has 1 heterocycles. The quantitative estimate of drug-likeness (QED) is 0.869. The van der Waals surface area contributed by atoms with Gasteiger partial charge >= 0.3 is 12.1 Å². The first-order valence-corrected chi connectivity index (χ1v) is 4.97. The zero-order valence-corrected chi connectivity index (χ0v) is 8.85. The highest BCUT2D eigenvalue weighted by Crippen LogP contribution is 2.34. The summed E-state index contributed by atoms with van der Waals surface area (Å²) in [6.07, 6.45) is -4.57. The van der Waals surface area contributed by atoms with E-state index in [0.717, 1.165) is 6.07 Å². The highest BCUT2D eigenvalue weighted by Gasteiger charge is 2.40. The summed E-state index contributed by atoms with van der Waals surface area (Å²) in [5.41, 5.74) is -0.849. The molecule has 1 aromatic heterocycles. The second kappa shape index (κ2) is 4.26. The van der Waals surface area contributed by atoms with Crippen LogP contribution in [0.5, 0.6) is 0 Å². The average Bonchev–Trinajstić information content (AvgIpc) is 2.48. The van der Waals surface area contributed by atoms with E-state index in [-0.39, 0.29) is 12.2 Å². The highest BCUT2D eigenvalue weighted by molar-refractivity contribution is 9.09. The monoisotopic (exact) mass is 286 g/mol. The number of hydrogen-bond donors (Lipinski definition) is 1. The summed E-state index contributed by atoms with van der Waals surface area (Å²) in [5, 5.41) is 8.94. The number of halogens is 4. The molecule has 0 aromatic carbocycles. The van der Waals surface area contributed by atoms with Crippen molar-refractivity contribution >= 4 is 21.9 Å². The molecule has 15 heavy (non-hydrogen) atoms. The van der Waals surface area contributed by atoms with Crippen molar-refractivity contribution in [1.29, 1.82) is 0 Å². The molecule has 1 aromatic rings. The molecular weight excluding hydrogens is 281 g/mol. The van der Waals surface area contributed by atoms with E-state index in [0.29, 0.717) is 5.33 Å². The molecule has 1 N–H and O–H groups in total. The van der Waals surface area contributed by atoms with Crippen molar-refractivity contribution in [3.63, 3.8) is 0 Å². The number of carboxylic acids is 1. The minimum absolute atomic E-state index is 0.00315. The SMILES string of the molecule is O=C(O)c1cc(CCBr)oc1C(F)(F)F. The van der Waals surface area contributed by atoms with Crippen LogP contribution in [0.25, 0.3) is 0 Å². The van der Waals surface area contributed by atoms with Gasteiger partial charge in [-0.2, -0.15) is 13.2 Å². The van der Waals surface area contributed by atoms with Crippen molar-refractivity contribution < 1.29 is 27.5 Å². The molecule has 84 valence electrons. The number of furan rings is 1. The van der Waals surface area contributed by atoms with Gasteiger partial charge in [-0.3, -0.25) is 0 Å². The van der Waals surface area contributed by atoms with Crippen molar-refractivity contribution in [2.75, 3.05) is 5.33 Å². The predicted octanol–water partition coefficient (Wildman–Crippen LogP) is 2.93. The van der Waals surface area contributed by atoms with E-state index >= 15 is 0 Å². The Kier molecular flexibility index (Phi) is 3.43. The van der Waals surface area contributed by atoms with E-state index in [1.165, 1.54) is 0 Å². The molecule has 0 spiro atoms. The van der Waals surface area contributed by atoms with Crippen molar-refractivity contribution in [2.24, 2.45) is 0 Å². The first-order chi connectivity index (χ1) is 6.86. The maximum atomic E-state index is 12.3. The summed E-state index contributed by atoms with van der Waals surface area (Å²) in [5.74, 6) is -3.10. The fraction of sp³-hybridized carbons (Fsp3) is 0.375. The molecule has 0 atom stereocenters. The molecule has 7 heteroatoms. The number of carboxylic acid groups (broad SMARTS) is 1. The maximum absolute atomic E-state index is 12.3. The standard InChI is InChI=1S/C8H6BrF3O3/c9-2-1-4-3-5(7(13)14)6(15-4)8(10,11)12/h3H,1-2H2,(H,13,14). The van der Waals surface area contributed by atoms with Gasteiger partial charge in [0.15, 0.2) is 0 Å². The number of aryl methyl sites for hydroxylation is 1. The lowest BCUT2D eigenvalue weighted by Crippen LogP contribution is -2.09. The van der Waals surface area contributed by atoms with Gasteiger partial charge in [-0.1, -0.05) is 15.9 Å². The number of carbonyl (C=O) groups is 1. The van der Waals surface area contributed by atoms with Gasteiger partial charge in [-0.25, -0.2) is 4.79 Å². The van der Waals surface area contributed by atoms with Crippen LogP contribution >= 0.6 is 15.9 Å². The van der Waals surface area contributed by atoms with Gasteiger partial charge in [-0.05, 0) is 6.07 Å². The first kappa shape index (κ1) is 12.1. The lowest BCUT2D eigenvalue weighted by Gasteiger charge is -2.02. The highest BCUT2D eigenvalue weighted by atomic mass is 79.9. The molecule has 0 amide bonds. The Bertz CT molecular complexity index is 370. The third-order valence-electron chi connectivity index (χ3n) is 1.61. The molecule has 0 aliphatic heterocycles. The molecule has 0 saturated carbocycles. The van der Waals surface area contributed by atoms with Gasteiger partial charge in [0.05, 0.1) is 0 Å². The largest absolute Gasteiger partial charge is 0.478 e. The summed E-state index contributed by atoms with van der Waals surface area (Å²) < 4.78 is 41.3. The van der Waals surface area contributed by atoms with Crippen LogP contribution in [0.2, 0.25) is 0 Å². The van der Waals surface area contributed by atoms with Crippen LogP contribution in [-0.4, -0.2) is 16.4 Å². The Morgan fingerprint density at radius 2 is 2.13 bits per heavy atom. The third-order valence-corrected chi connectivity index (χ3v) is 2.01. The molecule has 0 radical (unpaired) electrons. The van der Waals surface area contributed by atoms with Crippen LogP contribution in [0.1, 0.15) is 21.9 Å². The smallest absolute Gasteiger partial charge is 0.450 e. The van der Waals surface area contributed by atoms with Crippen LogP contribution in [0.4, 0.5) is 13.2 Å². The van der Waals surface area contributed by atoms with Crippen LogP contribution in [0, 0.1) is 0 Å². The average molecular weight is 287 g/mol. The fourth-order valence-electron chi connectivity index (χ4n) is 1.03. The second-order valence-electron chi connectivity index (χ2n) is 2.70. The van der Waals surface area contributed by atoms with Gasteiger partial charge in [0.25, 0.3) is 0 Å². The summed E-state index contributed by atoms with van der Waals surface area (Å²) in [6, 6.07) is 0.895. The minimum Gasteiger partial charge on any atom is -0.478 e. The van der Waals surface area contributed by atoms with Gasteiger partial charge in [0.2, 0.25) is 5.76 Å². The number of rotatable bonds is 3. The van der Waals surface area contributed by atoms with Crippen molar-refractivity contribution in [3.05, 3.63) is 23.2 Å². The van der Waals surface area contributed by atoms with Crippen molar-refractivity contribution in [2.45, 2.75) is 12.6 Å². The summed E-state index contributed by atoms with van der Waals surface area (Å²) in [7, 11) is 0. The first-order valence-electron chi connectivity index (χ1n) is 3.85. The van der Waals surface area contributed by atoms with Crippen molar-refractivity contribution in [3.8, 4) is 0 Å². The Morgan fingerprint density at radius 1 is 1.53 bits per heavy atom. The van der Waals surface area contributed by atoms with Crippen LogP contribution in [-0.2, 0) is 12.6 Å². The molecule has 0 bridgehead atoms. The fourth-order valence-corrected chi connectivity index (χ4v) is 1.42. The Balaban J connectivity index is 3.18. The maximum Gasteiger partial charge on any atom is 0.450 e. The van der Waals surface area contributed by atoms with Gasteiger partial charge in [0, 0.05) is 11.8 Å². The molecule has 0 saturated heterocycles. The van der Waals surface area contributed by atoms with E-state index in [1.807, 2.05) is 0 Å². The Labute approximate surface area is 91.0 Å². The molecule has 0 fully saturated rings. The summed E-state index contributed by atoms with van der Waals surface area (Å²) in [4.78, 5) is 10.5. The second-order valence-corrected chi connectivity index (χ2v) is 3.49. The Hall–Kier alpha value is -0.980.